The van der Waals surface area contributed by atoms with Gasteiger partial charge in [-0.2, -0.15) is 11.3 Å². The molecule has 1 amide bonds. The standard InChI is InChI=1S/C19H28N2O5S2/c1-4-26-19(25)14(7-12(2)3)20-15-11-28-16(13-5-6-27-10-13)8-21(18(15)24)9-17(22)23/h5-6,10,12,14-16,20H,4,7-9,11H2,1-3H3,(H,22,23). The normalized spacial score (nSPS) is 21.4. The summed E-state index contributed by atoms with van der Waals surface area (Å²) in [6.45, 7) is 6.00. The number of hydrogen-bond donors (Lipinski definition) is 2. The minimum absolute atomic E-state index is 0.00694. The summed E-state index contributed by atoms with van der Waals surface area (Å²) in [5, 5.41) is 16.4. The summed E-state index contributed by atoms with van der Waals surface area (Å²) >= 11 is 3.18. The first kappa shape index (κ1) is 22.7. The van der Waals surface area contributed by atoms with Crippen molar-refractivity contribution in [2.45, 2.75) is 44.5 Å². The fraction of sp³-hybridized carbons (Fsp3) is 0.632. The molecule has 2 heterocycles. The van der Waals surface area contributed by atoms with E-state index in [-0.39, 0.29) is 36.2 Å². The van der Waals surface area contributed by atoms with Crippen molar-refractivity contribution in [1.29, 1.82) is 0 Å². The maximum Gasteiger partial charge on any atom is 0.323 e. The quantitative estimate of drug-likeness (QED) is 0.583. The number of ether oxygens (including phenoxy) is 1. The van der Waals surface area contributed by atoms with Crippen LogP contribution in [-0.4, -0.2) is 65.4 Å². The van der Waals surface area contributed by atoms with Crippen molar-refractivity contribution in [2.24, 2.45) is 5.92 Å². The molecule has 1 saturated heterocycles. The van der Waals surface area contributed by atoms with E-state index in [1.165, 1.54) is 4.90 Å². The van der Waals surface area contributed by atoms with Gasteiger partial charge >= 0.3 is 11.9 Å². The van der Waals surface area contributed by atoms with E-state index >= 15 is 0 Å². The van der Waals surface area contributed by atoms with Crippen molar-refractivity contribution in [3.8, 4) is 0 Å². The van der Waals surface area contributed by atoms with E-state index in [1.54, 1.807) is 30.0 Å². The number of amides is 1. The van der Waals surface area contributed by atoms with Crippen LogP contribution in [0.2, 0.25) is 0 Å². The number of nitrogens with zero attached hydrogens (tertiary/aromatic N) is 1. The molecule has 0 aromatic carbocycles. The third-order valence-electron chi connectivity index (χ3n) is 4.38. The van der Waals surface area contributed by atoms with E-state index in [0.29, 0.717) is 18.7 Å². The van der Waals surface area contributed by atoms with Gasteiger partial charge in [0.15, 0.2) is 0 Å². The Kier molecular flexibility index (Phi) is 8.78. The van der Waals surface area contributed by atoms with E-state index in [1.807, 2.05) is 30.7 Å². The van der Waals surface area contributed by atoms with Crippen LogP contribution < -0.4 is 5.32 Å². The number of hydrogen-bond acceptors (Lipinski definition) is 7. The zero-order chi connectivity index (χ0) is 20.7. The van der Waals surface area contributed by atoms with Crippen LogP contribution in [0.25, 0.3) is 0 Å². The molecule has 3 atom stereocenters. The lowest BCUT2D eigenvalue weighted by molar-refractivity contribution is -0.148. The first-order valence-corrected chi connectivity index (χ1v) is 11.4. The Balaban J connectivity index is 2.19. The first-order chi connectivity index (χ1) is 13.3. The Labute approximate surface area is 173 Å². The molecule has 28 heavy (non-hydrogen) atoms. The number of carbonyl (C=O) groups is 3. The van der Waals surface area contributed by atoms with Crippen molar-refractivity contribution in [3.05, 3.63) is 22.4 Å². The molecule has 1 aromatic heterocycles. The smallest absolute Gasteiger partial charge is 0.323 e. The van der Waals surface area contributed by atoms with Crippen molar-refractivity contribution < 1.29 is 24.2 Å². The van der Waals surface area contributed by atoms with Crippen molar-refractivity contribution >= 4 is 40.9 Å². The summed E-state index contributed by atoms with van der Waals surface area (Å²) < 4.78 is 5.16. The number of aliphatic carboxylic acids is 1. The third kappa shape index (κ3) is 6.49. The Morgan fingerprint density at radius 2 is 2.18 bits per heavy atom. The zero-order valence-electron chi connectivity index (χ0n) is 16.4. The number of rotatable bonds is 9. The van der Waals surface area contributed by atoms with E-state index in [0.717, 1.165) is 5.56 Å². The Hall–Kier alpha value is -1.58. The maximum absolute atomic E-state index is 13.0. The van der Waals surface area contributed by atoms with E-state index < -0.39 is 18.1 Å². The molecule has 1 fully saturated rings. The molecule has 2 rings (SSSR count). The minimum atomic E-state index is -1.05. The summed E-state index contributed by atoms with van der Waals surface area (Å²) in [6.07, 6.45) is 0.542. The van der Waals surface area contributed by atoms with Gasteiger partial charge in [0.2, 0.25) is 5.91 Å². The van der Waals surface area contributed by atoms with Gasteiger partial charge in [-0.25, -0.2) is 0 Å². The molecule has 2 N–H and O–H groups in total. The van der Waals surface area contributed by atoms with Crippen LogP contribution in [-0.2, 0) is 19.1 Å². The van der Waals surface area contributed by atoms with E-state index in [9.17, 15) is 19.5 Å². The molecule has 0 bridgehead atoms. The molecular weight excluding hydrogens is 400 g/mol. The predicted octanol–water partition coefficient (Wildman–Crippen LogP) is 2.39. The van der Waals surface area contributed by atoms with Gasteiger partial charge in [0.1, 0.15) is 12.6 Å². The van der Waals surface area contributed by atoms with Gasteiger partial charge in [0, 0.05) is 17.5 Å². The highest BCUT2D eigenvalue weighted by molar-refractivity contribution is 7.99. The number of carbonyl (C=O) groups excluding carboxylic acids is 2. The Bertz CT molecular complexity index is 665. The monoisotopic (exact) mass is 428 g/mol. The fourth-order valence-electron chi connectivity index (χ4n) is 3.12. The SMILES string of the molecule is CCOC(=O)C(CC(C)C)NC1CSC(c2ccsc2)CN(CC(=O)O)C1=O. The molecule has 7 nitrogen and oxygen atoms in total. The van der Waals surface area contributed by atoms with E-state index in [4.69, 9.17) is 4.74 Å². The molecule has 0 spiro atoms. The number of nitrogens with one attached hydrogen (secondary N) is 1. The first-order valence-electron chi connectivity index (χ1n) is 9.38. The van der Waals surface area contributed by atoms with Gasteiger partial charge in [-0.05, 0) is 41.7 Å². The van der Waals surface area contributed by atoms with Gasteiger partial charge in [0.25, 0.3) is 0 Å². The van der Waals surface area contributed by atoms with Crippen LogP contribution in [0.15, 0.2) is 16.8 Å². The number of carboxylic acids is 1. The maximum atomic E-state index is 13.0. The lowest BCUT2D eigenvalue weighted by Gasteiger charge is -2.27. The Morgan fingerprint density at radius 1 is 1.43 bits per heavy atom. The second-order valence-corrected chi connectivity index (χ2v) is 9.16. The predicted molar refractivity (Wildman–Crippen MR) is 111 cm³/mol. The molecule has 1 aromatic rings. The van der Waals surface area contributed by atoms with E-state index in [2.05, 4.69) is 5.32 Å². The van der Waals surface area contributed by atoms with Crippen molar-refractivity contribution in [1.82, 2.24) is 10.2 Å². The second-order valence-electron chi connectivity index (χ2n) is 7.14. The summed E-state index contributed by atoms with van der Waals surface area (Å²) in [4.78, 5) is 38.0. The third-order valence-corrected chi connectivity index (χ3v) is 6.43. The molecule has 1 aliphatic rings. The van der Waals surface area contributed by atoms with Crippen LogP contribution in [0.3, 0.4) is 0 Å². The second kappa shape index (κ2) is 10.8. The van der Waals surface area contributed by atoms with Gasteiger partial charge < -0.3 is 14.7 Å². The average molecular weight is 429 g/mol. The zero-order valence-corrected chi connectivity index (χ0v) is 18.1. The number of thiophene rings is 1. The highest BCUT2D eigenvalue weighted by Gasteiger charge is 2.36. The Morgan fingerprint density at radius 3 is 2.75 bits per heavy atom. The molecule has 1 aliphatic heterocycles. The number of carboxylic acid groups (broad SMARTS) is 1. The van der Waals surface area contributed by atoms with Gasteiger partial charge in [-0.1, -0.05) is 13.8 Å². The molecular formula is C19H28N2O5S2. The topological polar surface area (TPSA) is 95.9 Å². The summed E-state index contributed by atoms with van der Waals surface area (Å²) in [5.74, 6) is -1.01. The molecule has 0 saturated carbocycles. The molecule has 3 unspecified atom stereocenters. The average Bonchev–Trinajstić information content (AvgIpc) is 3.11. The van der Waals surface area contributed by atoms with Gasteiger partial charge in [0.05, 0.1) is 12.6 Å². The lowest BCUT2D eigenvalue weighted by atomic mass is 10.0. The largest absolute Gasteiger partial charge is 0.480 e. The van der Waals surface area contributed by atoms with Crippen molar-refractivity contribution in [2.75, 3.05) is 25.4 Å². The molecule has 0 radical (unpaired) electrons. The van der Waals surface area contributed by atoms with Crippen LogP contribution in [0, 0.1) is 5.92 Å². The van der Waals surface area contributed by atoms with Crippen LogP contribution >= 0.6 is 23.1 Å². The summed E-state index contributed by atoms with van der Waals surface area (Å²) in [6, 6.07) is 0.764. The highest BCUT2D eigenvalue weighted by atomic mass is 32.2. The number of thioether (sulfide) groups is 1. The summed E-state index contributed by atoms with van der Waals surface area (Å²) in [7, 11) is 0. The van der Waals surface area contributed by atoms with Gasteiger partial charge in [-0.3, -0.25) is 19.7 Å². The fourth-order valence-corrected chi connectivity index (χ4v) is 5.21. The number of esters is 1. The molecule has 156 valence electrons. The van der Waals surface area contributed by atoms with Gasteiger partial charge in [-0.15, -0.1) is 11.8 Å². The molecule has 9 heteroatoms. The molecule has 0 aliphatic carbocycles. The van der Waals surface area contributed by atoms with Crippen LogP contribution in [0.4, 0.5) is 0 Å². The van der Waals surface area contributed by atoms with Crippen LogP contribution in [0.5, 0.6) is 0 Å². The lowest BCUT2D eigenvalue weighted by Crippen LogP contribution is -2.54. The van der Waals surface area contributed by atoms with Crippen LogP contribution in [0.1, 0.15) is 38.0 Å². The summed E-state index contributed by atoms with van der Waals surface area (Å²) in [5.41, 5.74) is 1.09. The van der Waals surface area contributed by atoms with Crippen molar-refractivity contribution in [3.63, 3.8) is 0 Å². The minimum Gasteiger partial charge on any atom is -0.480 e. The highest BCUT2D eigenvalue weighted by Crippen LogP contribution is 2.34.